The van der Waals surface area contributed by atoms with Gasteiger partial charge in [0.15, 0.2) is 11.5 Å². The Morgan fingerprint density at radius 2 is 1.45 bits per heavy atom. The molecule has 0 atom stereocenters. The maximum Gasteiger partial charge on any atom is 0.252 e. The van der Waals surface area contributed by atoms with Gasteiger partial charge in [-0.2, -0.15) is 20.1 Å². The summed E-state index contributed by atoms with van der Waals surface area (Å²) in [5, 5.41) is 6.30. The first kappa shape index (κ1) is 19.8. The highest BCUT2D eigenvalue weighted by molar-refractivity contribution is 5.81. The van der Waals surface area contributed by atoms with E-state index < -0.39 is 0 Å². The molecule has 0 spiro atoms. The van der Waals surface area contributed by atoms with Gasteiger partial charge in [-0.25, -0.2) is 5.01 Å². The topological polar surface area (TPSA) is 79.2 Å². The Labute approximate surface area is 182 Å². The molecule has 2 aromatic rings. The standard InChI is InChI=1S/C22H29N7O2/c1-27(23-15-17-8-9-18-19(14-17)31-16-30-18)20-24-21(28-10-4-2-5-11-28)26-22(25-20)29-12-6-3-7-13-29/h8-9,14-15H,2-7,10-13,16H2,1H3/b23-15-. The number of benzene rings is 1. The van der Waals surface area contributed by atoms with Crippen LogP contribution in [0.15, 0.2) is 23.3 Å². The van der Waals surface area contributed by atoms with Gasteiger partial charge in [0.2, 0.25) is 18.7 Å². The smallest absolute Gasteiger partial charge is 0.252 e. The van der Waals surface area contributed by atoms with Crippen molar-refractivity contribution in [3.8, 4) is 11.5 Å². The molecule has 1 aromatic heterocycles. The Balaban J connectivity index is 1.40. The second-order valence-electron chi connectivity index (χ2n) is 8.21. The van der Waals surface area contributed by atoms with Crippen molar-refractivity contribution in [3.63, 3.8) is 0 Å². The normalized spacial score (nSPS) is 18.6. The molecular formula is C22H29N7O2. The van der Waals surface area contributed by atoms with Crippen LogP contribution in [0.5, 0.6) is 11.5 Å². The van der Waals surface area contributed by atoms with E-state index in [1.54, 1.807) is 11.2 Å². The van der Waals surface area contributed by atoms with E-state index >= 15 is 0 Å². The first-order valence-corrected chi connectivity index (χ1v) is 11.2. The van der Waals surface area contributed by atoms with Gasteiger partial charge in [0.25, 0.3) is 5.95 Å². The monoisotopic (exact) mass is 423 g/mol. The van der Waals surface area contributed by atoms with Gasteiger partial charge in [-0.3, -0.25) is 0 Å². The summed E-state index contributed by atoms with van der Waals surface area (Å²) in [6, 6.07) is 5.78. The molecule has 164 valence electrons. The van der Waals surface area contributed by atoms with Crippen molar-refractivity contribution in [2.75, 3.05) is 54.8 Å². The third-order valence-electron chi connectivity index (χ3n) is 5.94. The molecule has 9 nitrogen and oxygen atoms in total. The maximum absolute atomic E-state index is 5.45. The number of hydrogen-bond donors (Lipinski definition) is 0. The molecule has 9 heteroatoms. The number of hydrogen-bond acceptors (Lipinski definition) is 9. The number of rotatable bonds is 5. The van der Waals surface area contributed by atoms with Crippen LogP contribution in [0.1, 0.15) is 44.1 Å². The highest BCUT2D eigenvalue weighted by Gasteiger charge is 2.21. The van der Waals surface area contributed by atoms with Crippen LogP contribution >= 0.6 is 0 Å². The van der Waals surface area contributed by atoms with E-state index in [0.29, 0.717) is 5.95 Å². The number of piperidine rings is 2. The number of anilines is 3. The predicted octanol–water partition coefficient (Wildman–Crippen LogP) is 3.05. The molecule has 5 rings (SSSR count). The van der Waals surface area contributed by atoms with Gasteiger partial charge in [0, 0.05) is 33.2 Å². The second kappa shape index (κ2) is 8.95. The first-order valence-electron chi connectivity index (χ1n) is 11.2. The van der Waals surface area contributed by atoms with Gasteiger partial charge in [-0.05, 0) is 62.3 Å². The van der Waals surface area contributed by atoms with Gasteiger partial charge in [0.1, 0.15) is 0 Å². The largest absolute Gasteiger partial charge is 0.454 e. The fourth-order valence-corrected chi connectivity index (χ4v) is 4.16. The fraction of sp³-hybridized carbons (Fsp3) is 0.545. The Kier molecular flexibility index (Phi) is 5.73. The van der Waals surface area contributed by atoms with Crippen LogP contribution in [-0.4, -0.2) is 61.2 Å². The minimum atomic E-state index is 0.263. The minimum absolute atomic E-state index is 0.263. The third kappa shape index (κ3) is 4.50. The molecular weight excluding hydrogens is 394 g/mol. The van der Waals surface area contributed by atoms with Crippen LogP contribution in [0.2, 0.25) is 0 Å². The molecule has 0 aliphatic carbocycles. The molecule has 2 fully saturated rings. The predicted molar refractivity (Wildman–Crippen MR) is 121 cm³/mol. The van der Waals surface area contributed by atoms with Crippen LogP contribution in [0.25, 0.3) is 0 Å². The van der Waals surface area contributed by atoms with E-state index in [0.717, 1.165) is 55.1 Å². The highest BCUT2D eigenvalue weighted by Crippen LogP contribution is 2.32. The lowest BCUT2D eigenvalue weighted by molar-refractivity contribution is 0.174. The average molecular weight is 424 g/mol. The second-order valence-corrected chi connectivity index (χ2v) is 8.21. The Morgan fingerprint density at radius 3 is 2.10 bits per heavy atom. The van der Waals surface area contributed by atoms with Crippen molar-refractivity contribution >= 4 is 24.1 Å². The van der Waals surface area contributed by atoms with Crippen molar-refractivity contribution in [2.24, 2.45) is 5.10 Å². The molecule has 0 unspecified atom stereocenters. The van der Waals surface area contributed by atoms with Gasteiger partial charge in [0.05, 0.1) is 6.21 Å². The van der Waals surface area contributed by atoms with Gasteiger partial charge in [-0.1, -0.05) is 0 Å². The van der Waals surface area contributed by atoms with Gasteiger partial charge >= 0.3 is 0 Å². The molecule has 0 radical (unpaired) electrons. The molecule has 1 aromatic carbocycles. The van der Waals surface area contributed by atoms with Crippen LogP contribution in [-0.2, 0) is 0 Å². The summed E-state index contributed by atoms with van der Waals surface area (Å²) in [5.41, 5.74) is 0.928. The van der Waals surface area contributed by atoms with Crippen molar-refractivity contribution in [1.29, 1.82) is 0 Å². The molecule has 4 heterocycles. The van der Waals surface area contributed by atoms with Crippen molar-refractivity contribution in [1.82, 2.24) is 15.0 Å². The summed E-state index contributed by atoms with van der Waals surface area (Å²) in [6.45, 7) is 4.24. The van der Waals surface area contributed by atoms with E-state index in [-0.39, 0.29) is 6.79 Å². The molecule has 3 aliphatic heterocycles. The highest BCUT2D eigenvalue weighted by atomic mass is 16.7. The number of hydrazone groups is 1. The quantitative estimate of drug-likeness (QED) is 0.536. The van der Waals surface area contributed by atoms with Crippen LogP contribution < -0.4 is 24.3 Å². The summed E-state index contributed by atoms with van der Waals surface area (Å²) in [6.07, 6.45) is 9.04. The Bertz CT molecular complexity index is 903. The maximum atomic E-state index is 5.45. The SMILES string of the molecule is CN(/N=C\c1ccc2c(c1)OCO2)c1nc(N2CCCCC2)nc(N2CCCCC2)n1. The van der Waals surface area contributed by atoms with E-state index in [9.17, 15) is 0 Å². The fourth-order valence-electron chi connectivity index (χ4n) is 4.16. The van der Waals surface area contributed by atoms with Crippen molar-refractivity contribution in [3.05, 3.63) is 23.8 Å². The minimum Gasteiger partial charge on any atom is -0.454 e. The van der Waals surface area contributed by atoms with Crippen LogP contribution in [0.4, 0.5) is 17.8 Å². The summed E-state index contributed by atoms with van der Waals surface area (Å²) >= 11 is 0. The van der Waals surface area contributed by atoms with E-state index in [2.05, 4.69) is 14.9 Å². The number of aromatic nitrogens is 3. The molecule has 0 saturated carbocycles. The van der Waals surface area contributed by atoms with Gasteiger partial charge in [-0.15, -0.1) is 0 Å². The molecule has 3 aliphatic rings. The lowest BCUT2D eigenvalue weighted by atomic mass is 10.1. The van der Waals surface area contributed by atoms with E-state index in [4.69, 9.17) is 24.4 Å². The first-order chi connectivity index (χ1) is 15.3. The molecule has 0 bridgehead atoms. The van der Waals surface area contributed by atoms with E-state index in [1.807, 2.05) is 25.2 Å². The Morgan fingerprint density at radius 1 is 0.839 bits per heavy atom. The summed E-state index contributed by atoms with van der Waals surface area (Å²) in [7, 11) is 1.87. The van der Waals surface area contributed by atoms with Crippen LogP contribution in [0.3, 0.4) is 0 Å². The number of ether oxygens (including phenoxy) is 2. The molecule has 0 N–H and O–H groups in total. The summed E-state index contributed by atoms with van der Waals surface area (Å²) < 4.78 is 10.8. The molecule has 2 saturated heterocycles. The number of fused-ring (bicyclic) bond motifs is 1. The average Bonchev–Trinajstić information content (AvgIpc) is 3.31. The summed E-state index contributed by atoms with van der Waals surface area (Å²) in [5.74, 6) is 3.59. The lowest BCUT2D eigenvalue weighted by Gasteiger charge is -2.30. The van der Waals surface area contributed by atoms with Crippen molar-refractivity contribution < 1.29 is 9.47 Å². The zero-order valence-corrected chi connectivity index (χ0v) is 18.0. The van der Waals surface area contributed by atoms with E-state index in [1.165, 1.54) is 38.5 Å². The molecule has 0 amide bonds. The van der Waals surface area contributed by atoms with Crippen molar-refractivity contribution in [2.45, 2.75) is 38.5 Å². The summed E-state index contributed by atoms with van der Waals surface area (Å²) in [4.78, 5) is 18.9. The number of nitrogens with zero attached hydrogens (tertiary/aromatic N) is 7. The third-order valence-corrected chi connectivity index (χ3v) is 5.94. The zero-order valence-electron chi connectivity index (χ0n) is 18.0. The molecule has 31 heavy (non-hydrogen) atoms. The Hall–Kier alpha value is -3.10. The lowest BCUT2D eigenvalue weighted by Crippen LogP contribution is -2.35. The van der Waals surface area contributed by atoms with Gasteiger partial charge < -0.3 is 19.3 Å². The van der Waals surface area contributed by atoms with Crippen LogP contribution in [0, 0.1) is 0 Å². The zero-order chi connectivity index (χ0) is 21.0.